The van der Waals surface area contributed by atoms with Crippen LogP contribution in [0.5, 0.6) is 0 Å². The summed E-state index contributed by atoms with van der Waals surface area (Å²) in [6, 6.07) is 14.1. The highest BCUT2D eigenvalue weighted by Gasteiger charge is 2.14. The van der Waals surface area contributed by atoms with E-state index < -0.39 is 10.0 Å². The summed E-state index contributed by atoms with van der Waals surface area (Å²) in [5.41, 5.74) is 1.30. The third-order valence-corrected chi connectivity index (χ3v) is 4.20. The third-order valence-electron chi connectivity index (χ3n) is 2.41. The Morgan fingerprint density at radius 1 is 1.28 bits per heavy atom. The first-order valence-corrected chi connectivity index (χ1v) is 7.10. The van der Waals surface area contributed by atoms with E-state index in [0.29, 0.717) is 10.7 Å². The van der Waals surface area contributed by atoms with Gasteiger partial charge in [-0.25, -0.2) is 8.42 Å². The van der Waals surface area contributed by atoms with E-state index >= 15 is 0 Å². The maximum absolute atomic E-state index is 12.1. The van der Waals surface area contributed by atoms with Gasteiger partial charge in [-0.3, -0.25) is 4.72 Å². The van der Waals surface area contributed by atoms with Crippen LogP contribution in [-0.2, 0) is 10.0 Å². The first-order chi connectivity index (χ1) is 8.49. The highest BCUT2D eigenvalue weighted by molar-refractivity contribution is 7.92. The van der Waals surface area contributed by atoms with Gasteiger partial charge in [0.1, 0.15) is 0 Å². The summed E-state index contributed by atoms with van der Waals surface area (Å²) < 4.78 is 26.6. The van der Waals surface area contributed by atoms with Crippen molar-refractivity contribution in [1.29, 1.82) is 0 Å². The Morgan fingerprint density at radius 3 is 2.67 bits per heavy atom. The summed E-state index contributed by atoms with van der Waals surface area (Å²) in [5.74, 6) is 0. The number of hydrogen-bond acceptors (Lipinski definition) is 2. The zero-order valence-electron chi connectivity index (χ0n) is 9.64. The van der Waals surface area contributed by atoms with Gasteiger partial charge in [-0.1, -0.05) is 29.8 Å². The van der Waals surface area contributed by atoms with Crippen LogP contribution in [0.1, 0.15) is 5.56 Å². The molecule has 2 aromatic rings. The molecule has 0 heterocycles. The molecule has 0 spiro atoms. The fraction of sp³-hybridized carbons (Fsp3) is 0.0769. The first-order valence-electron chi connectivity index (χ1n) is 5.24. The summed E-state index contributed by atoms with van der Waals surface area (Å²) in [4.78, 5) is 0.141. The van der Waals surface area contributed by atoms with E-state index in [1.165, 1.54) is 12.1 Å². The van der Waals surface area contributed by atoms with E-state index in [0.717, 1.165) is 5.56 Å². The predicted molar refractivity (Wildman–Crippen MR) is 72.3 cm³/mol. The minimum absolute atomic E-state index is 0.141. The van der Waals surface area contributed by atoms with Crippen molar-refractivity contribution in [2.75, 3.05) is 4.72 Å². The van der Waals surface area contributed by atoms with Crippen molar-refractivity contribution >= 4 is 27.3 Å². The van der Waals surface area contributed by atoms with E-state index in [-0.39, 0.29) is 4.90 Å². The lowest BCUT2D eigenvalue weighted by molar-refractivity contribution is 0.601. The van der Waals surface area contributed by atoms with Crippen LogP contribution in [-0.4, -0.2) is 8.42 Å². The smallest absolute Gasteiger partial charge is 0.261 e. The fourth-order valence-electron chi connectivity index (χ4n) is 1.41. The van der Waals surface area contributed by atoms with Gasteiger partial charge in [-0.05, 0) is 42.8 Å². The fourth-order valence-corrected chi connectivity index (χ4v) is 2.73. The van der Waals surface area contributed by atoms with Crippen molar-refractivity contribution < 1.29 is 8.42 Å². The van der Waals surface area contributed by atoms with Gasteiger partial charge >= 0.3 is 0 Å². The molecule has 0 aromatic heterocycles. The molecule has 0 fully saturated rings. The van der Waals surface area contributed by atoms with Crippen LogP contribution < -0.4 is 4.72 Å². The Labute approximate surface area is 111 Å². The number of anilines is 1. The van der Waals surface area contributed by atoms with Crippen molar-refractivity contribution in [3.05, 3.63) is 59.1 Å². The molecule has 5 heteroatoms. The van der Waals surface area contributed by atoms with Gasteiger partial charge in [0, 0.05) is 10.7 Å². The zero-order valence-corrected chi connectivity index (χ0v) is 11.2. The molecule has 3 nitrogen and oxygen atoms in total. The van der Waals surface area contributed by atoms with Crippen LogP contribution in [0.15, 0.2) is 47.4 Å². The normalized spacial score (nSPS) is 11.2. The van der Waals surface area contributed by atoms with Gasteiger partial charge < -0.3 is 0 Å². The number of benzene rings is 2. The maximum Gasteiger partial charge on any atom is 0.261 e. The number of sulfonamides is 1. The highest BCUT2D eigenvalue weighted by Crippen LogP contribution is 2.21. The van der Waals surface area contributed by atoms with Gasteiger partial charge in [0.05, 0.1) is 4.90 Å². The Morgan fingerprint density at radius 2 is 2.06 bits per heavy atom. The monoisotopic (exact) mass is 280 g/mol. The average molecular weight is 281 g/mol. The lowest BCUT2D eigenvalue weighted by atomic mass is 10.2. The van der Waals surface area contributed by atoms with E-state index in [4.69, 9.17) is 11.6 Å². The summed E-state index contributed by atoms with van der Waals surface area (Å²) in [5, 5.41) is 0.428. The quantitative estimate of drug-likeness (QED) is 0.938. The van der Waals surface area contributed by atoms with Gasteiger partial charge in [0.2, 0.25) is 0 Å². The molecule has 0 bridgehead atoms. The van der Waals surface area contributed by atoms with Gasteiger partial charge in [-0.15, -0.1) is 0 Å². The second kappa shape index (κ2) is 5.00. The number of rotatable bonds is 3. The number of aryl methyl sites for hydroxylation is 1. The first kappa shape index (κ1) is 12.9. The molecule has 0 saturated carbocycles. The van der Waals surface area contributed by atoms with Crippen LogP contribution >= 0.6 is 11.6 Å². The van der Waals surface area contributed by atoms with Crippen molar-refractivity contribution in [2.24, 2.45) is 0 Å². The zero-order chi connectivity index (χ0) is 13.2. The SMILES string of the molecule is Cc1ccc(S(=O)(=O)Nc2c[c]ccc2)cc1Cl. The second-order valence-corrected chi connectivity index (χ2v) is 5.90. The lowest BCUT2D eigenvalue weighted by Crippen LogP contribution is -2.12. The summed E-state index contributed by atoms with van der Waals surface area (Å²) in [6.45, 7) is 1.82. The topological polar surface area (TPSA) is 46.2 Å². The summed E-state index contributed by atoms with van der Waals surface area (Å²) in [6.07, 6.45) is 0. The van der Waals surface area contributed by atoms with E-state index in [1.54, 1.807) is 30.3 Å². The Balaban J connectivity index is 2.34. The second-order valence-electron chi connectivity index (χ2n) is 3.81. The van der Waals surface area contributed by atoms with Crippen LogP contribution in [0, 0.1) is 13.0 Å². The van der Waals surface area contributed by atoms with Crippen molar-refractivity contribution in [3.63, 3.8) is 0 Å². The van der Waals surface area contributed by atoms with Gasteiger partial charge in [0.15, 0.2) is 0 Å². The number of halogens is 1. The van der Waals surface area contributed by atoms with Crippen molar-refractivity contribution in [2.45, 2.75) is 11.8 Å². The Hall–Kier alpha value is -1.52. The molecule has 18 heavy (non-hydrogen) atoms. The highest BCUT2D eigenvalue weighted by atomic mass is 35.5. The van der Waals surface area contributed by atoms with Crippen molar-refractivity contribution in [3.8, 4) is 0 Å². The molecule has 0 aliphatic heterocycles. The lowest BCUT2D eigenvalue weighted by Gasteiger charge is -2.08. The molecule has 0 atom stereocenters. The van der Waals surface area contributed by atoms with Crippen LogP contribution in [0.2, 0.25) is 5.02 Å². The standard InChI is InChI=1S/C13H11ClNO2S/c1-10-7-8-12(9-13(10)14)18(16,17)15-11-5-3-2-4-6-11/h2-3,5-9,15H,1H3. The summed E-state index contributed by atoms with van der Waals surface area (Å²) >= 11 is 5.92. The number of hydrogen-bond donors (Lipinski definition) is 1. The van der Waals surface area contributed by atoms with Gasteiger partial charge in [0.25, 0.3) is 10.0 Å². The van der Waals surface area contributed by atoms with Crippen molar-refractivity contribution in [1.82, 2.24) is 0 Å². The van der Waals surface area contributed by atoms with E-state index in [2.05, 4.69) is 10.8 Å². The molecule has 2 aromatic carbocycles. The molecule has 0 saturated heterocycles. The predicted octanol–water partition coefficient (Wildman–Crippen LogP) is 3.25. The van der Waals surface area contributed by atoms with E-state index in [1.807, 2.05) is 6.92 Å². The Bertz CT molecular complexity index is 654. The minimum Gasteiger partial charge on any atom is -0.280 e. The number of nitrogens with one attached hydrogen (secondary N) is 1. The molecular weight excluding hydrogens is 270 g/mol. The molecular formula is C13H11ClNO2S. The van der Waals surface area contributed by atoms with Crippen LogP contribution in [0.3, 0.4) is 0 Å². The largest absolute Gasteiger partial charge is 0.280 e. The van der Waals surface area contributed by atoms with Crippen LogP contribution in [0.4, 0.5) is 5.69 Å². The molecule has 0 aliphatic carbocycles. The van der Waals surface area contributed by atoms with Gasteiger partial charge in [-0.2, -0.15) is 0 Å². The Kier molecular flexibility index (Phi) is 3.59. The molecule has 2 rings (SSSR count). The molecule has 1 N–H and O–H groups in total. The summed E-state index contributed by atoms with van der Waals surface area (Å²) in [7, 11) is -3.61. The third kappa shape index (κ3) is 2.83. The maximum atomic E-state index is 12.1. The molecule has 0 unspecified atom stereocenters. The molecule has 0 amide bonds. The molecule has 93 valence electrons. The molecule has 0 aliphatic rings. The van der Waals surface area contributed by atoms with E-state index in [9.17, 15) is 8.42 Å². The minimum atomic E-state index is -3.61. The van der Waals surface area contributed by atoms with Crippen LogP contribution in [0.25, 0.3) is 0 Å². The average Bonchev–Trinajstić information content (AvgIpc) is 2.33. The molecule has 1 radical (unpaired) electrons.